The molecule has 0 bridgehead atoms. The minimum absolute atomic E-state index is 0.185. The number of imide groups is 2. The molecule has 0 aliphatic carbocycles. The van der Waals surface area contributed by atoms with Crippen molar-refractivity contribution in [3.63, 3.8) is 0 Å². The first-order valence-corrected chi connectivity index (χ1v) is 12.1. The monoisotopic (exact) mass is 620 g/mol. The Hall–Kier alpha value is -3.44. The highest BCUT2D eigenvalue weighted by molar-refractivity contribution is 14.1. The summed E-state index contributed by atoms with van der Waals surface area (Å²) in [5.74, 6) is -1.11. The zero-order chi connectivity index (χ0) is 26.0. The first-order valence-electron chi connectivity index (χ1n) is 10.6. The van der Waals surface area contributed by atoms with E-state index < -0.39 is 17.8 Å². The van der Waals surface area contributed by atoms with Gasteiger partial charge in [-0.25, -0.2) is 14.1 Å². The number of hydrogen-bond acceptors (Lipinski definition) is 5. The van der Waals surface area contributed by atoms with E-state index in [1.54, 1.807) is 43.3 Å². The number of ether oxygens (including phenoxy) is 2. The lowest BCUT2D eigenvalue weighted by Gasteiger charge is -2.26. The summed E-state index contributed by atoms with van der Waals surface area (Å²) in [5.41, 5.74) is 2.04. The minimum atomic E-state index is -0.862. The third-order valence-electron chi connectivity index (χ3n) is 5.37. The molecule has 4 rings (SSSR count). The van der Waals surface area contributed by atoms with Crippen molar-refractivity contribution in [2.45, 2.75) is 13.5 Å². The van der Waals surface area contributed by atoms with Crippen molar-refractivity contribution in [2.24, 2.45) is 0 Å². The number of hydrogen-bond donors (Lipinski definition) is 1. The molecule has 1 aliphatic rings. The summed E-state index contributed by atoms with van der Waals surface area (Å²) in [6.07, 6.45) is 1.38. The standard InChI is InChI=1S/C26H19ClFIN2O5/c1-14-3-8-18(12-20(14)27)31-25(33)19(24(32)30-26(31)34)9-16-10-21(29)23(22(11-16)35-2)36-13-15-4-6-17(28)7-5-15/h3-12H,13H2,1-2H3,(H,30,32,34)/b19-9-. The first kappa shape index (κ1) is 25.6. The number of methoxy groups -OCH3 is 1. The van der Waals surface area contributed by atoms with E-state index >= 15 is 0 Å². The van der Waals surface area contributed by atoms with Crippen molar-refractivity contribution in [1.29, 1.82) is 0 Å². The van der Waals surface area contributed by atoms with Crippen LogP contribution in [0.1, 0.15) is 16.7 Å². The van der Waals surface area contributed by atoms with E-state index in [0.29, 0.717) is 25.7 Å². The summed E-state index contributed by atoms with van der Waals surface area (Å²) < 4.78 is 25.2. The molecule has 184 valence electrons. The van der Waals surface area contributed by atoms with Crippen molar-refractivity contribution < 1.29 is 28.2 Å². The number of benzene rings is 3. The predicted molar refractivity (Wildman–Crippen MR) is 142 cm³/mol. The van der Waals surface area contributed by atoms with Gasteiger partial charge in [-0.2, -0.15) is 0 Å². The molecule has 10 heteroatoms. The number of nitrogens with one attached hydrogen (secondary N) is 1. The van der Waals surface area contributed by atoms with Crippen LogP contribution in [-0.2, 0) is 16.2 Å². The van der Waals surface area contributed by atoms with Crippen LogP contribution in [0.3, 0.4) is 0 Å². The molecule has 3 aromatic rings. The van der Waals surface area contributed by atoms with E-state index in [0.717, 1.165) is 16.0 Å². The average molecular weight is 621 g/mol. The van der Waals surface area contributed by atoms with Gasteiger partial charge < -0.3 is 9.47 Å². The molecular weight excluding hydrogens is 602 g/mol. The van der Waals surface area contributed by atoms with E-state index in [1.807, 2.05) is 0 Å². The van der Waals surface area contributed by atoms with Gasteiger partial charge in [0.15, 0.2) is 11.5 Å². The Morgan fingerprint density at radius 1 is 1.08 bits per heavy atom. The summed E-state index contributed by atoms with van der Waals surface area (Å²) in [5, 5.41) is 2.57. The molecule has 0 saturated carbocycles. The molecule has 0 radical (unpaired) electrons. The summed E-state index contributed by atoms with van der Waals surface area (Å²) in [7, 11) is 1.47. The van der Waals surface area contributed by atoms with Gasteiger partial charge in [0, 0.05) is 5.02 Å². The Balaban J connectivity index is 1.64. The Bertz CT molecular complexity index is 1410. The molecule has 3 aromatic carbocycles. The maximum Gasteiger partial charge on any atom is 0.335 e. The highest BCUT2D eigenvalue weighted by Gasteiger charge is 2.37. The Labute approximate surface area is 225 Å². The summed E-state index contributed by atoms with van der Waals surface area (Å²) in [6.45, 7) is 1.98. The summed E-state index contributed by atoms with van der Waals surface area (Å²) in [4.78, 5) is 39.1. The third kappa shape index (κ3) is 5.36. The topological polar surface area (TPSA) is 84.9 Å². The van der Waals surface area contributed by atoms with Gasteiger partial charge in [0.2, 0.25) is 0 Å². The maximum atomic E-state index is 13.2. The summed E-state index contributed by atoms with van der Waals surface area (Å²) in [6, 6.07) is 13.1. The summed E-state index contributed by atoms with van der Waals surface area (Å²) >= 11 is 8.22. The number of anilines is 1. The van der Waals surface area contributed by atoms with E-state index in [4.69, 9.17) is 21.1 Å². The van der Waals surface area contributed by atoms with Gasteiger partial charge in [-0.1, -0.05) is 29.8 Å². The second-order valence-corrected chi connectivity index (χ2v) is 9.41. The Morgan fingerprint density at radius 2 is 1.81 bits per heavy atom. The quantitative estimate of drug-likeness (QED) is 0.219. The first-order chi connectivity index (χ1) is 17.2. The van der Waals surface area contributed by atoms with Crippen molar-refractivity contribution in [2.75, 3.05) is 12.0 Å². The van der Waals surface area contributed by atoms with Crippen molar-refractivity contribution in [3.8, 4) is 11.5 Å². The van der Waals surface area contributed by atoms with E-state index in [9.17, 15) is 18.8 Å². The van der Waals surface area contributed by atoms with Crippen LogP contribution in [0, 0.1) is 16.3 Å². The number of nitrogens with zero attached hydrogens (tertiary/aromatic N) is 1. The average Bonchev–Trinajstić information content (AvgIpc) is 2.84. The zero-order valence-corrected chi connectivity index (χ0v) is 22.0. The number of rotatable bonds is 6. The Morgan fingerprint density at radius 3 is 2.47 bits per heavy atom. The molecular formula is C26H19ClFIN2O5. The SMILES string of the molecule is COc1cc(/C=C2/C(=O)NC(=O)N(c3ccc(C)c(Cl)c3)C2=O)cc(I)c1OCc1ccc(F)cc1. The highest BCUT2D eigenvalue weighted by atomic mass is 127. The van der Waals surface area contributed by atoms with E-state index in [-0.39, 0.29) is 23.7 Å². The molecule has 0 atom stereocenters. The molecule has 0 unspecified atom stereocenters. The van der Waals surface area contributed by atoms with Crippen molar-refractivity contribution in [1.82, 2.24) is 5.32 Å². The number of barbiturate groups is 1. The Kier molecular flexibility index (Phi) is 7.60. The van der Waals surface area contributed by atoms with Gasteiger partial charge in [0.1, 0.15) is 18.0 Å². The molecule has 1 fully saturated rings. The van der Waals surface area contributed by atoms with Crippen LogP contribution in [0.5, 0.6) is 11.5 Å². The largest absolute Gasteiger partial charge is 0.493 e. The van der Waals surface area contributed by atoms with Crippen LogP contribution < -0.4 is 19.7 Å². The smallest absolute Gasteiger partial charge is 0.335 e. The second-order valence-electron chi connectivity index (χ2n) is 7.84. The lowest BCUT2D eigenvalue weighted by molar-refractivity contribution is -0.122. The third-order valence-corrected chi connectivity index (χ3v) is 6.58. The van der Waals surface area contributed by atoms with Crippen molar-refractivity contribution >= 4 is 63.8 Å². The fraction of sp³-hybridized carbons (Fsp3) is 0.115. The number of aryl methyl sites for hydroxylation is 1. The van der Waals surface area contributed by atoms with E-state index in [2.05, 4.69) is 27.9 Å². The van der Waals surface area contributed by atoms with Gasteiger partial charge in [0.25, 0.3) is 11.8 Å². The second kappa shape index (κ2) is 10.7. The molecule has 7 nitrogen and oxygen atoms in total. The highest BCUT2D eigenvalue weighted by Crippen LogP contribution is 2.36. The van der Waals surface area contributed by atoms with Crippen LogP contribution in [0.4, 0.5) is 14.9 Å². The number of carbonyl (C=O) groups is 3. The normalized spacial score (nSPS) is 14.8. The van der Waals surface area contributed by atoms with Gasteiger partial charge in [0.05, 0.1) is 16.4 Å². The molecule has 36 heavy (non-hydrogen) atoms. The van der Waals surface area contributed by atoms with Crippen LogP contribution in [-0.4, -0.2) is 25.0 Å². The lowest BCUT2D eigenvalue weighted by atomic mass is 10.1. The fourth-order valence-corrected chi connectivity index (χ4v) is 4.43. The molecule has 1 N–H and O–H groups in total. The molecule has 0 aromatic heterocycles. The van der Waals surface area contributed by atoms with E-state index in [1.165, 1.54) is 31.4 Å². The zero-order valence-electron chi connectivity index (χ0n) is 19.1. The van der Waals surface area contributed by atoms with Gasteiger partial charge in [-0.3, -0.25) is 14.9 Å². The number of halogens is 3. The van der Waals surface area contributed by atoms with Gasteiger partial charge >= 0.3 is 6.03 Å². The van der Waals surface area contributed by atoms with Crippen molar-refractivity contribution in [3.05, 3.63) is 91.3 Å². The van der Waals surface area contributed by atoms with Crippen LogP contribution in [0.2, 0.25) is 5.02 Å². The molecule has 0 spiro atoms. The lowest BCUT2D eigenvalue weighted by Crippen LogP contribution is -2.54. The molecule has 4 amide bonds. The molecule has 1 saturated heterocycles. The minimum Gasteiger partial charge on any atom is -0.493 e. The fourth-order valence-electron chi connectivity index (χ4n) is 3.48. The van der Waals surface area contributed by atoms with Crippen LogP contribution >= 0.6 is 34.2 Å². The number of urea groups is 1. The number of amides is 4. The predicted octanol–water partition coefficient (Wildman–Crippen LogP) is 5.65. The molecule has 1 heterocycles. The van der Waals surface area contributed by atoms with Crippen LogP contribution in [0.15, 0.2) is 60.2 Å². The van der Waals surface area contributed by atoms with Gasteiger partial charge in [-0.15, -0.1) is 0 Å². The van der Waals surface area contributed by atoms with Gasteiger partial charge in [-0.05, 0) is 88.7 Å². The molecule has 1 aliphatic heterocycles. The number of carbonyl (C=O) groups excluding carboxylic acids is 3. The van der Waals surface area contributed by atoms with Crippen LogP contribution in [0.25, 0.3) is 6.08 Å². The maximum absolute atomic E-state index is 13.2.